The summed E-state index contributed by atoms with van der Waals surface area (Å²) in [5.74, 6) is 2.26. The maximum Gasteiger partial charge on any atom is 0.227 e. The van der Waals surface area contributed by atoms with E-state index >= 15 is 0 Å². The number of ether oxygens (including phenoxy) is 3. The topological polar surface area (TPSA) is 101 Å². The number of primary amides is 1. The van der Waals surface area contributed by atoms with Crippen molar-refractivity contribution < 1.29 is 19.0 Å². The molecule has 0 saturated heterocycles. The molecule has 0 bridgehead atoms. The lowest BCUT2D eigenvalue weighted by atomic mass is 10.1. The minimum absolute atomic E-state index is 0.143. The van der Waals surface area contributed by atoms with Crippen molar-refractivity contribution in [2.24, 2.45) is 12.8 Å². The maximum absolute atomic E-state index is 10.9. The van der Waals surface area contributed by atoms with Gasteiger partial charge in [-0.05, 0) is 6.07 Å². The maximum atomic E-state index is 10.9. The van der Waals surface area contributed by atoms with Gasteiger partial charge in [0.1, 0.15) is 5.75 Å². The lowest BCUT2D eigenvalue weighted by molar-refractivity contribution is -0.115. The average Bonchev–Trinajstić information content (AvgIpc) is 2.78. The molecule has 0 fully saturated rings. The summed E-state index contributed by atoms with van der Waals surface area (Å²) in [5, 5.41) is 8.91. The van der Waals surface area contributed by atoms with Crippen molar-refractivity contribution >= 4 is 17.7 Å². The number of nitrogens with two attached hydrogens (primary N) is 1. The van der Waals surface area contributed by atoms with Gasteiger partial charge in [-0.15, -0.1) is 10.2 Å². The van der Waals surface area contributed by atoms with Crippen molar-refractivity contribution in [3.05, 3.63) is 12.1 Å². The molecule has 1 aromatic carbocycles. The summed E-state index contributed by atoms with van der Waals surface area (Å²) in [4.78, 5) is 10.9. The van der Waals surface area contributed by atoms with Gasteiger partial charge in [0.2, 0.25) is 5.91 Å². The standard InChI is InChI=1S/C15H18N4O4S/c1-19-14(17-18-15(19)24-8-13(16)20)9-6-11-12(7-10(9)21-2)23-5-3-4-22-11/h6-7H,3-5,8H2,1-2H3,(H2,16,20). The van der Waals surface area contributed by atoms with E-state index in [1.54, 1.807) is 17.7 Å². The normalized spacial score (nSPS) is 13.4. The fraction of sp³-hybridized carbons (Fsp3) is 0.400. The van der Waals surface area contributed by atoms with E-state index in [0.29, 0.717) is 41.4 Å². The van der Waals surface area contributed by atoms with Crippen LogP contribution >= 0.6 is 11.8 Å². The molecular weight excluding hydrogens is 332 g/mol. The van der Waals surface area contributed by atoms with Crippen LogP contribution in [0, 0.1) is 0 Å². The number of aromatic nitrogens is 3. The number of hydrogen-bond acceptors (Lipinski definition) is 7. The Kier molecular flexibility index (Phi) is 4.79. The second-order valence-electron chi connectivity index (χ2n) is 5.17. The minimum atomic E-state index is -0.405. The third kappa shape index (κ3) is 3.25. The molecule has 0 radical (unpaired) electrons. The molecule has 0 unspecified atom stereocenters. The molecule has 128 valence electrons. The predicted octanol–water partition coefficient (Wildman–Crippen LogP) is 1.23. The predicted molar refractivity (Wildman–Crippen MR) is 88.5 cm³/mol. The van der Waals surface area contributed by atoms with E-state index in [1.807, 2.05) is 13.1 Å². The Bertz CT molecular complexity index is 762. The first-order valence-corrected chi connectivity index (χ1v) is 8.37. The average molecular weight is 350 g/mol. The highest BCUT2D eigenvalue weighted by Gasteiger charge is 2.21. The van der Waals surface area contributed by atoms with Gasteiger partial charge in [-0.3, -0.25) is 4.79 Å². The van der Waals surface area contributed by atoms with E-state index in [2.05, 4.69) is 10.2 Å². The quantitative estimate of drug-likeness (QED) is 0.809. The summed E-state index contributed by atoms with van der Waals surface area (Å²) >= 11 is 1.23. The summed E-state index contributed by atoms with van der Waals surface area (Å²) in [7, 11) is 3.41. The smallest absolute Gasteiger partial charge is 0.227 e. The lowest BCUT2D eigenvalue weighted by Gasteiger charge is -2.13. The van der Waals surface area contributed by atoms with E-state index in [0.717, 1.165) is 12.0 Å². The van der Waals surface area contributed by atoms with E-state index in [9.17, 15) is 4.79 Å². The van der Waals surface area contributed by atoms with Crippen molar-refractivity contribution in [2.45, 2.75) is 11.6 Å². The third-order valence-electron chi connectivity index (χ3n) is 3.49. The first kappa shape index (κ1) is 16.4. The van der Waals surface area contributed by atoms with Crippen molar-refractivity contribution in [1.29, 1.82) is 0 Å². The van der Waals surface area contributed by atoms with Crippen LogP contribution in [0.2, 0.25) is 0 Å². The largest absolute Gasteiger partial charge is 0.496 e. The van der Waals surface area contributed by atoms with E-state index in [-0.39, 0.29) is 5.75 Å². The zero-order valence-corrected chi connectivity index (χ0v) is 14.3. The Morgan fingerprint density at radius 2 is 2.04 bits per heavy atom. The van der Waals surface area contributed by atoms with Gasteiger partial charge in [0, 0.05) is 19.5 Å². The van der Waals surface area contributed by atoms with Crippen molar-refractivity contribution in [3.8, 4) is 28.6 Å². The highest BCUT2D eigenvalue weighted by Crippen LogP contribution is 2.41. The van der Waals surface area contributed by atoms with Gasteiger partial charge < -0.3 is 24.5 Å². The summed E-state index contributed by atoms with van der Waals surface area (Å²) in [6.45, 7) is 1.20. The van der Waals surface area contributed by atoms with Crippen molar-refractivity contribution in [3.63, 3.8) is 0 Å². The number of nitrogens with zero attached hydrogens (tertiary/aromatic N) is 3. The second-order valence-corrected chi connectivity index (χ2v) is 6.11. The first-order valence-electron chi connectivity index (χ1n) is 7.38. The Morgan fingerprint density at radius 1 is 1.33 bits per heavy atom. The van der Waals surface area contributed by atoms with E-state index in [1.165, 1.54) is 11.8 Å². The molecule has 1 aromatic heterocycles. The molecule has 8 nitrogen and oxygen atoms in total. The van der Waals surface area contributed by atoms with Crippen LogP contribution in [0.3, 0.4) is 0 Å². The zero-order valence-electron chi connectivity index (χ0n) is 13.4. The van der Waals surface area contributed by atoms with Crippen LogP contribution in [0.5, 0.6) is 17.2 Å². The molecule has 1 aliphatic rings. The van der Waals surface area contributed by atoms with Crippen molar-refractivity contribution in [1.82, 2.24) is 14.8 Å². The number of carbonyl (C=O) groups is 1. The molecule has 0 spiro atoms. The Hall–Kier alpha value is -2.42. The van der Waals surface area contributed by atoms with Gasteiger partial charge >= 0.3 is 0 Å². The van der Waals surface area contributed by atoms with Gasteiger partial charge in [0.25, 0.3) is 0 Å². The molecular formula is C15H18N4O4S. The van der Waals surface area contributed by atoms with Crippen LogP contribution in [-0.4, -0.2) is 46.7 Å². The summed E-state index contributed by atoms with van der Waals surface area (Å²) in [5.41, 5.74) is 5.92. The van der Waals surface area contributed by atoms with Gasteiger partial charge in [-0.1, -0.05) is 11.8 Å². The monoisotopic (exact) mass is 350 g/mol. The molecule has 2 N–H and O–H groups in total. The summed E-state index contributed by atoms with van der Waals surface area (Å²) in [6.07, 6.45) is 0.824. The molecule has 9 heteroatoms. The number of carbonyl (C=O) groups excluding carboxylic acids is 1. The SMILES string of the molecule is COc1cc2c(cc1-c1nnc(SCC(N)=O)n1C)OCCCO2. The summed E-state index contributed by atoms with van der Waals surface area (Å²) in [6, 6.07) is 3.63. The van der Waals surface area contributed by atoms with Crippen LogP contribution in [0.1, 0.15) is 6.42 Å². The molecule has 2 aromatic rings. The van der Waals surface area contributed by atoms with Crippen LogP contribution in [0.15, 0.2) is 17.3 Å². The molecule has 0 saturated carbocycles. The van der Waals surface area contributed by atoms with E-state index in [4.69, 9.17) is 19.9 Å². The van der Waals surface area contributed by atoms with Crippen LogP contribution in [-0.2, 0) is 11.8 Å². The fourth-order valence-electron chi connectivity index (χ4n) is 2.34. The Labute approximate surface area is 143 Å². The van der Waals surface area contributed by atoms with Gasteiger partial charge in [0.05, 0.1) is 31.6 Å². The molecule has 0 aliphatic carbocycles. The number of rotatable bonds is 5. The van der Waals surface area contributed by atoms with Crippen molar-refractivity contribution in [2.75, 3.05) is 26.1 Å². The first-order chi connectivity index (χ1) is 11.6. The molecule has 3 rings (SSSR count). The Balaban J connectivity index is 1.99. The molecule has 2 heterocycles. The highest BCUT2D eigenvalue weighted by molar-refractivity contribution is 7.99. The molecule has 1 amide bonds. The molecule has 24 heavy (non-hydrogen) atoms. The van der Waals surface area contributed by atoms with Gasteiger partial charge in [-0.25, -0.2) is 0 Å². The summed E-state index contributed by atoms with van der Waals surface area (Å²) < 4.78 is 18.7. The fourth-order valence-corrected chi connectivity index (χ4v) is 2.99. The van der Waals surface area contributed by atoms with E-state index < -0.39 is 5.91 Å². The number of methoxy groups -OCH3 is 1. The van der Waals surface area contributed by atoms with Crippen LogP contribution in [0.25, 0.3) is 11.4 Å². The molecule has 1 aliphatic heterocycles. The zero-order chi connectivity index (χ0) is 17.1. The second kappa shape index (κ2) is 7.00. The number of hydrogen-bond donors (Lipinski definition) is 1. The van der Waals surface area contributed by atoms with Crippen LogP contribution in [0.4, 0.5) is 0 Å². The molecule has 0 atom stereocenters. The Morgan fingerprint density at radius 3 is 2.71 bits per heavy atom. The van der Waals surface area contributed by atoms with Gasteiger partial charge in [-0.2, -0.15) is 0 Å². The van der Waals surface area contributed by atoms with Crippen LogP contribution < -0.4 is 19.9 Å². The minimum Gasteiger partial charge on any atom is -0.496 e. The number of fused-ring (bicyclic) bond motifs is 1. The van der Waals surface area contributed by atoms with Gasteiger partial charge in [0.15, 0.2) is 22.5 Å². The lowest BCUT2D eigenvalue weighted by Crippen LogP contribution is -2.13. The third-order valence-corrected chi connectivity index (χ3v) is 4.53. The highest BCUT2D eigenvalue weighted by atomic mass is 32.2. The number of benzene rings is 1. The number of thioether (sulfide) groups is 1. The number of amides is 1.